The SMILES string of the molecule is Cc1ccc(/C(=C/CC(N)C(=O)O)c2ccc(F)cc2F)cc1. The predicted molar refractivity (Wildman–Crippen MR) is 84.8 cm³/mol. The lowest BCUT2D eigenvalue weighted by Crippen LogP contribution is -2.29. The highest BCUT2D eigenvalue weighted by Gasteiger charge is 2.14. The van der Waals surface area contributed by atoms with Crippen LogP contribution in [0.15, 0.2) is 48.5 Å². The Balaban J connectivity index is 2.48. The highest BCUT2D eigenvalue weighted by atomic mass is 19.1. The zero-order valence-corrected chi connectivity index (χ0v) is 12.6. The van der Waals surface area contributed by atoms with Crippen LogP contribution >= 0.6 is 0 Å². The molecule has 2 aromatic rings. The average Bonchev–Trinajstić information content (AvgIpc) is 2.50. The molecular weight excluding hydrogens is 300 g/mol. The first-order chi connectivity index (χ1) is 10.9. The van der Waals surface area contributed by atoms with Gasteiger partial charge in [-0.1, -0.05) is 35.9 Å². The van der Waals surface area contributed by atoms with E-state index in [2.05, 4.69) is 0 Å². The second-order valence-electron chi connectivity index (χ2n) is 5.29. The molecule has 0 bridgehead atoms. The first-order valence-electron chi connectivity index (χ1n) is 7.09. The maximum absolute atomic E-state index is 14.1. The number of hydrogen-bond donors (Lipinski definition) is 2. The van der Waals surface area contributed by atoms with E-state index >= 15 is 0 Å². The van der Waals surface area contributed by atoms with Crippen molar-refractivity contribution in [3.8, 4) is 0 Å². The molecule has 0 radical (unpaired) electrons. The van der Waals surface area contributed by atoms with Gasteiger partial charge in [-0.15, -0.1) is 0 Å². The number of carbonyl (C=O) groups is 1. The molecule has 0 amide bonds. The summed E-state index contributed by atoms with van der Waals surface area (Å²) in [5, 5.41) is 8.89. The van der Waals surface area contributed by atoms with Crippen LogP contribution in [0.3, 0.4) is 0 Å². The van der Waals surface area contributed by atoms with Crippen molar-refractivity contribution in [2.45, 2.75) is 19.4 Å². The predicted octanol–water partition coefficient (Wildman–Crippen LogP) is 3.51. The van der Waals surface area contributed by atoms with Crippen molar-refractivity contribution in [2.75, 3.05) is 0 Å². The fraction of sp³-hybridized carbons (Fsp3) is 0.167. The molecule has 2 rings (SSSR count). The second kappa shape index (κ2) is 7.15. The Morgan fingerprint density at radius 2 is 1.87 bits per heavy atom. The monoisotopic (exact) mass is 317 g/mol. The Morgan fingerprint density at radius 1 is 1.22 bits per heavy atom. The van der Waals surface area contributed by atoms with Crippen molar-refractivity contribution in [3.63, 3.8) is 0 Å². The van der Waals surface area contributed by atoms with Crippen LogP contribution in [0.1, 0.15) is 23.1 Å². The van der Waals surface area contributed by atoms with Crippen molar-refractivity contribution in [2.24, 2.45) is 5.73 Å². The number of halogens is 2. The lowest BCUT2D eigenvalue weighted by atomic mass is 9.95. The van der Waals surface area contributed by atoms with E-state index in [1.807, 2.05) is 19.1 Å². The molecule has 0 aliphatic heterocycles. The van der Waals surface area contributed by atoms with Crippen molar-refractivity contribution in [1.82, 2.24) is 0 Å². The Labute approximate surface area is 133 Å². The second-order valence-corrected chi connectivity index (χ2v) is 5.29. The minimum Gasteiger partial charge on any atom is -0.480 e. The maximum Gasteiger partial charge on any atom is 0.320 e. The molecule has 0 aromatic heterocycles. The Hall–Kier alpha value is -2.53. The molecule has 0 fully saturated rings. The minimum atomic E-state index is -1.14. The third-order valence-electron chi connectivity index (χ3n) is 3.48. The highest BCUT2D eigenvalue weighted by molar-refractivity contribution is 5.81. The standard InChI is InChI=1S/C18H17F2NO2/c1-11-2-4-12(5-3-11)14(8-9-17(21)18(22)23)15-7-6-13(19)10-16(15)20/h2-8,10,17H,9,21H2,1H3,(H,22,23)/b14-8-. The van der Waals surface area contributed by atoms with Crippen molar-refractivity contribution in [3.05, 3.63) is 76.9 Å². The molecule has 1 atom stereocenters. The minimum absolute atomic E-state index is 0.0371. The van der Waals surface area contributed by atoms with E-state index in [4.69, 9.17) is 10.8 Å². The molecule has 3 nitrogen and oxygen atoms in total. The van der Waals surface area contributed by atoms with Gasteiger partial charge in [-0.25, -0.2) is 8.78 Å². The lowest BCUT2D eigenvalue weighted by molar-refractivity contribution is -0.138. The number of rotatable bonds is 5. The molecule has 0 saturated carbocycles. The van der Waals surface area contributed by atoms with Crippen molar-refractivity contribution in [1.29, 1.82) is 0 Å². The Bertz CT molecular complexity index is 739. The van der Waals surface area contributed by atoms with E-state index in [0.717, 1.165) is 17.7 Å². The quantitative estimate of drug-likeness (QED) is 0.887. The third kappa shape index (κ3) is 4.23. The van der Waals surface area contributed by atoms with Gasteiger partial charge in [0.1, 0.15) is 17.7 Å². The van der Waals surface area contributed by atoms with Gasteiger partial charge in [0, 0.05) is 11.6 Å². The highest BCUT2D eigenvalue weighted by Crippen LogP contribution is 2.27. The van der Waals surface area contributed by atoms with E-state index in [1.165, 1.54) is 6.07 Å². The number of carboxylic acid groups (broad SMARTS) is 1. The number of hydrogen-bond acceptors (Lipinski definition) is 2. The molecular formula is C18H17F2NO2. The van der Waals surface area contributed by atoms with Gasteiger partial charge < -0.3 is 10.8 Å². The van der Waals surface area contributed by atoms with Crippen LogP contribution < -0.4 is 5.73 Å². The summed E-state index contributed by atoms with van der Waals surface area (Å²) in [6.07, 6.45) is 1.61. The van der Waals surface area contributed by atoms with Gasteiger partial charge in [0.25, 0.3) is 0 Å². The molecule has 0 heterocycles. The van der Waals surface area contributed by atoms with Crippen LogP contribution in [-0.4, -0.2) is 17.1 Å². The Kier molecular flexibility index (Phi) is 5.24. The summed E-state index contributed by atoms with van der Waals surface area (Å²) in [4.78, 5) is 10.9. The molecule has 0 saturated heterocycles. The first kappa shape index (κ1) is 16.8. The lowest BCUT2D eigenvalue weighted by Gasteiger charge is -2.12. The zero-order valence-electron chi connectivity index (χ0n) is 12.6. The number of aryl methyl sites for hydroxylation is 1. The topological polar surface area (TPSA) is 63.3 Å². The van der Waals surface area contributed by atoms with Crippen LogP contribution in [0.2, 0.25) is 0 Å². The summed E-state index contributed by atoms with van der Waals surface area (Å²) in [5.74, 6) is -2.51. The smallest absolute Gasteiger partial charge is 0.320 e. The average molecular weight is 317 g/mol. The number of nitrogens with two attached hydrogens (primary N) is 1. The third-order valence-corrected chi connectivity index (χ3v) is 3.48. The molecule has 0 aliphatic rings. The van der Waals surface area contributed by atoms with E-state index in [9.17, 15) is 13.6 Å². The summed E-state index contributed by atoms with van der Waals surface area (Å²) in [6, 6.07) is 9.55. The summed E-state index contributed by atoms with van der Waals surface area (Å²) in [5.41, 5.74) is 7.94. The summed E-state index contributed by atoms with van der Waals surface area (Å²) in [7, 11) is 0. The van der Waals surface area contributed by atoms with Crippen LogP contribution in [0.25, 0.3) is 5.57 Å². The molecule has 0 aliphatic carbocycles. The number of aliphatic carboxylic acids is 1. The van der Waals surface area contributed by atoms with Crippen LogP contribution in [0, 0.1) is 18.6 Å². The van der Waals surface area contributed by atoms with Gasteiger partial charge >= 0.3 is 5.97 Å². The van der Waals surface area contributed by atoms with Gasteiger partial charge in [-0.2, -0.15) is 0 Å². The fourth-order valence-corrected chi connectivity index (χ4v) is 2.17. The van der Waals surface area contributed by atoms with E-state index in [0.29, 0.717) is 11.1 Å². The van der Waals surface area contributed by atoms with Gasteiger partial charge in [0.2, 0.25) is 0 Å². The first-order valence-corrected chi connectivity index (χ1v) is 7.09. The maximum atomic E-state index is 14.1. The van der Waals surface area contributed by atoms with Crippen molar-refractivity contribution >= 4 is 11.5 Å². The molecule has 0 spiro atoms. The normalized spacial score (nSPS) is 13.0. The van der Waals surface area contributed by atoms with Crippen molar-refractivity contribution < 1.29 is 18.7 Å². The van der Waals surface area contributed by atoms with E-state index < -0.39 is 23.6 Å². The van der Waals surface area contributed by atoms with Crippen LogP contribution in [0.4, 0.5) is 8.78 Å². The molecule has 5 heteroatoms. The summed E-state index contributed by atoms with van der Waals surface area (Å²) >= 11 is 0. The summed E-state index contributed by atoms with van der Waals surface area (Å²) < 4.78 is 27.2. The van der Waals surface area contributed by atoms with Crippen LogP contribution in [-0.2, 0) is 4.79 Å². The van der Waals surface area contributed by atoms with Gasteiger partial charge in [0.15, 0.2) is 0 Å². The van der Waals surface area contributed by atoms with Crippen LogP contribution in [0.5, 0.6) is 0 Å². The molecule has 23 heavy (non-hydrogen) atoms. The Morgan fingerprint density at radius 3 is 2.43 bits per heavy atom. The number of carboxylic acids is 1. The molecule has 1 unspecified atom stereocenters. The largest absolute Gasteiger partial charge is 0.480 e. The summed E-state index contributed by atoms with van der Waals surface area (Å²) in [6.45, 7) is 1.92. The molecule has 3 N–H and O–H groups in total. The molecule has 120 valence electrons. The van der Waals surface area contributed by atoms with E-state index in [1.54, 1.807) is 18.2 Å². The molecule has 2 aromatic carbocycles. The zero-order chi connectivity index (χ0) is 17.0. The van der Waals surface area contributed by atoms with Gasteiger partial charge in [-0.3, -0.25) is 4.79 Å². The van der Waals surface area contributed by atoms with Gasteiger partial charge in [-0.05, 0) is 36.6 Å². The number of benzene rings is 2. The van der Waals surface area contributed by atoms with Gasteiger partial charge in [0.05, 0.1) is 0 Å². The van der Waals surface area contributed by atoms with E-state index in [-0.39, 0.29) is 12.0 Å². The fourth-order valence-electron chi connectivity index (χ4n) is 2.17.